The van der Waals surface area contributed by atoms with Gasteiger partial charge in [-0.3, -0.25) is 4.79 Å². The molecule has 100 valence electrons. The van der Waals surface area contributed by atoms with Crippen LogP contribution in [0.3, 0.4) is 0 Å². The van der Waals surface area contributed by atoms with E-state index in [1.807, 2.05) is 31.2 Å². The standard InChI is InChI=1S/C12H13N3O2S2/c1-3-10-11(16)13-12(18-10)19-15-14-8-4-6-9(17-2)7-5-8/h4-7,10H,3H2,1-2H3. The van der Waals surface area contributed by atoms with Gasteiger partial charge in [-0.2, -0.15) is 4.99 Å². The van der Waals surface area contributed by atoms with Gasteiger partial charge < -0.3 is 4.74 Å². The third kappa shape index (κ3) is 3.81. The Morgan fingerprint density at radius 1 is 1.42 bits per heavy atom. The molecule has 5 nitrogen and oxygen atoms in total. The van der Waals surface area contributed by atoms with Gasteiger partial charge in [0.1, 0.15) is 5.75 Å². The van der Waals surface area contributed by atoms with Gasteiger partial charge in [0.15, 0.2) is 4.38 Å². The van der Waals surface area contributed by atoms with Gasteiger partial charge >= 0.3 is 0 Å². The number of aliphatic imine (C=N–C) groups is 1. The number of hydrogen-bond donors (Lipinski definition) is 0. The molecule has 1 aromatic rings. The molecule has 1 aromatic carbocycles. The van der Waals surface area contributed by atoms with Crippen LogP contribution >= 0.6 is 23.7 Å². The average Bonchev–Trinajstić information content (AvgIpc) is 2.80. The van der Waals surface area contributed by atoms with Crippen LogP contribution in [0.2, 0.25) is 0 Å². The summed E-state index contributed by atoms with van der Waals surface area (Å²) in [7, 11) is 1.61. The third-order valence-electron chi connectivity index (χ3n) is 2.44. The Hall–Kier alpha value is -1.34. The summed E-state index contributed by atoms with van der Waals surface area (Å²) in [5.74, 6) is 0.702. The fourth-order valence-corrected chi connectivity index (χ4v) is 3.07. The summed E-state index contributed by atoms with van der Waals surface area (Å²) < 4.78 is 9.69. The van der Waals surface area contributed by atoms with Crippen molar-refractivity contribution >= 4 is 39.7 Å². The first-order valence-electron chi connectivity index (χ1n) is 5.74. The third-order valence-corrected chi connectivity index (χ3v) is 4.47. The number of nitrogens with zero attached hydrogens (tertiary/aromatic N) is 3. The highest BCUT2D eigenvalue weighted by Crippen LogP contribution is 2.32. The van der Waals surface area contributed by atoms with E-state index in [1.165, 1.54) is 11.8 Å². The summed E-state index contributed by atoms with van der Waals surface area (Å²) >= 11 is 2.58. The second-order valence-corrected chi connectivity index (χ2v) is 5.88. The molecule has 0 aromatic heterocycles. The molecule has 1 amide bonds. The Kier molecular flexibility index (Phi) is 4.98. The Bertz CT molecular complexity index is 514. The summed E-state index contributed by atoms with van der Waals surface area (Å²) in [6, 6.07) is 7.26. The SMILES string of the molecule is CCC1SC(SN=Nc2ccc(OC)cc2)=NC1=O. The first-order chi connectivity index (χ1) is 9.22. The normalized spacial score (nSPS) is 18.9. The predicted molar refractivity (Wildman–Crippen MR) is 79.2 cm³/mol. The van der Waals surface area contributed by atoms with Crippen molar-refractivity contribution in [3.63, 3.8) is 0 Å². The molecule has 1 unspecified atom stereocenters. The van der Waals surface area contributed by atoms with Crippen molar-refractivity contribution in [1.82, 2.24) is 0 Å². The van der Waals surface area contributed by atoms with Gasteiger partial charge in [-0.25, -0.2) is 0 Å². The van der Waals surface area contributed by atoms with Crippen LogP contribution in [-0.2, 0) is 4.79 Å². The van der Waals surface area contributed by atoms with E-state index in [1.54, 1.807) is 7.11 Å². The van der Waals surface area contributed by atoms with E-state index in [0.29, 0.717) is 4.38 Å². The molecule has 0 saturated heterocycles. The van der Waals surface area contributed by atoms with Gasteiger partial charge in [0.2, 0.25) is 0 Å². The van der Waals surface area contributed by atoms with Crippen molar-refractivity contribution < 1.29 is 9.53 Å². The molecule has 0 radical (unpaired) electrons. The van der Waals surface area contributed by atoms with Crippen molar-refractivity contribution in [2.75, 3.05) is 7.11 Å². The first-order valence-corrected chi connectivity index (χ1v) is 7.39. The molecule has 19 heavy (non-hydrogen) atoms. The molecule has 0 fully saturated rings. The van der Waals surface area contributed by atoms with Crippen LogP contribution < -0.4 is 4.74 Å². The molecule has 1 aliphatic rings. The van der Waals surface area contributed by atoms with E-state index in [-0.39, 0.29) is 11.2 Å². The van der Waals surface area contributed by atoms with Crippen LogP contribution in [0.4, 0.5) is 5.69 Å². The molecule has 0 saturated carbocycles. The van der Waals surface area contributed by atoms with Crippen molar-refractivity contribution in [3.05, 3.63) is 24.3 Å². The zero-order valence-electron chi connectivity index (χ0n) is 10.6. The molecular formula is C12H13N3O2S2. The number of carbonyl (C=O) groups excluding carboxylic acids is 1. The van der Waals surface area contributed by atoms with Gasteiger partial charge in [-0.1, -0.05) is 18.7 Å². The molecule has 0 bridgehead atoms. The zero-order valence-corrected chi connectivity index (χ0v) is 12.2. The number of benzene rings is 1. The van der Waals surface area contributed by atoms with Gasteiger partial charge in [0.25, 0.3) is 5.91 Å². The minimum atomic E-state index is -0.0744. The lowest BCUT2D eigenvalue weighted by Crippen LogP contribution is -2.07. The van der Waals surface area contributed by atoms with E-state index < -0.39 is 0 Å². The Morgan fingerprint density at radius 3 is 2.74 bits per heavy atom. The highest BCUT2D eigenvalue weighted by molar-refractivity contribution is 8.39. The van der Waals surface area contributed by atoms with Crippen LogP contribution in [0.5, 0.6) is 5.75 Å². The van der Waals surface area contributed by atoms with E-state index >= 15 is 0 Å². The van der Waals surface area contributed by atoms with Crippen LogP contribution in [0, 0.1) is 0 Å². The molecular weight excluding hydrogens is 282 g/mol. The number of hydrogen-bond acceptors (Lipinski definition) is 6. The van der Waals surface area contributed by atoms with Crippen molar-refractivity contribution in [3.8, 4) is 5.75 Å². The number of thioether (sulfide) groups is 1. The second-order valence-electron chi connectivity index (χ2n) is 3.70. The van der Waals surface area contributed by atoms with Crippen molar-refractivity contribution in [1.29, 1.82) is 0 Å². The summed E-state index contributed by atoms with van der Waals surface area (Å²) in [6.07, 6.45) is 0.784. The number of amides is 1. The topological polar surface area (TPSA) is 63.4 Å². The maximum Gasteiger partial charge on any atom is 0.260 e. The molecule has 1 atom stereocenters. The first kappa shape index (κ1) is 14.1. The highest BCUT2D eigenvalue weighted by atomic mass is 32.2. The fourth-order valence-electron chi connectivity index (χ4n) is 1.41. The van der Waals surface area contributed by atoms with Gasteiger partial charge in [-0.15, -0.1) is 9.63 Å². The molecule has 0 aliphatic carbocycles. The maximum absolute atomic E-state index is 11.4. The number of methoxy groups -OCH3 is 1. The van der Waals surface area contributed by atoms with Crippen molar-refractivity contribution in [2.45, 2.75) is 18.6 Å². The zero-order chi connectivity index (χ0) is 13.7. The minimum absolute atomic E-state index is 0.0568. The molecule has 1 heterocycles. The second kappa shape index (κ2) is 6.72. The Morgan fingerprint density at radius 2 is 2.16 bits per heavy atom. The fraction of sp³-hybridized carbons (Fsp3) is 0.333. The molecule has 1 aliphatic heterocycles. The van der Waals surface area contributed by atoms with Gasteiger partial charge in [0, 0.05) is 0 Å². The molecule has 2 rings (SSSR count). The van der Waals surface area contributed by atoms with E-state index in [2.05, 4.69) is 14.6 Å². The summed E-state index contributed by atoms with van der Waals surface area (Å²) in [6.45, 7) is 1.97. The monoisotopic (exact) mass is 295 g/mol. The quantitative estimate of drug-likeness (QED) is 0.625. The highest BCUT2D eigenvalue weighted by Gasteiger charge is 2.26. The minimum Gasteiger partial charge on any atom is -0.497 e. The molecule has 7 heteroatoms. The summed E-state index contributed by atoms with van der Waals surface area (Å²) in [4.78, 5) is 15.3. The van der Waals surface area contributed by atoms with Crippen LogP contribution in [0.15, 0.2) is 38.9 Å². The van der Waals surface area contributed by atoms with Crippen LogP contribution in [-0.4, -0.2) is 22.6 Å². The number of ether oxygens (including phenoxy) is 1. The van der Waals surface area contributed by atoms with Gasteiger partial charge in [-0.05, 0) is 30.7 Å². The molecule has 0 N–H and O–H groups in total. The summed E-state index contributed by atoms with van der Waals surface area (Å²) in [5.41, 5.74) is 0.732. The maximum atomic E-state index is 11.4. The average molecular weight is 295 g/mol. The Labute approximate surface area is 120 Å². The van der Waals surface area contributed by atoms with E-state index in [4.69, 9.17) is 4.74 Å². The Balaban J connectivity index is 1.90. The number of rotatable bonds is 4. The largest absolute Gasteiger partial charge is 0.497 e. The van der Waals surface area contributed by atoms with E-state index in [9.17, 15) is 4.79 Å². The van der Waals surface area contributed by atoms with Crippen LogP contribution in [0.1, 0.15) is 13.3 Å². The molecule has 0 spiro atoms. The smallest absolute Gasteiger partial charge is 0.260 e. The predicted octanol–water partition coefficient (Wildman–Crippen LogP) is 3.84. The lowest BCUT2D eigenvalue weighted by Gasteiger charge is -1.99. The van der Waals surface area contributed by atoms with E-state index in [0.717, 1.165) is 29.8 Å². The van der Waals surface area contributed by atoms with Crippen molar-refractivity contribution in [2.24, 2.45) is 14.6 Å². The lowest BCUT2D eigenvalue weighted by molar-refractivity contribution is -0.117. The summed E-state index contributed by atoms with van der Waals surface area (Å²) in [5, 5.41) is 3.99. The van der Waals surface area contributed by atoms with Crippen LogP contribution in [0.25, 0.3) is 0 Å². The number of carbonyl (C=O) groups is 1. The lowest BCUT2D eigenvalue weighted by atomic mass is 10.3. The van der Waals surface area contributed by atoms with Gasteiger partial charge in [0.05, 0.1) is 30.0 Å².